The van der Waals surface area contributed by atoms with Crippen LogP contribution in [0.4, 0.5) is 0 Å². The van der Waals surface area contributed by atoms with Crippen molar-refractivity contribution in [3.63, 3.8) is 0 Å². The van der Waals surface area contributed by atoms with E-state index in [9.17, 15) is 9.59 Å². The van der Waals surface area contributed by atoms with Gasteiger partial charge in [-0.2, -0.15) is 0 Å². The van der Waals surface area contributed by atoms with Gasteiger partial charge in [-0.05, 0) is 23.3 Å². The van der Waals surface area contributed by atoms with Crippen LogP contribution in [0.25, 0.3) is 0 Å². The Labute approximate surface area is 179 Å². The molecular formula is C21H22ClNO7. The molecule has 2 aromatic rings. The topological polar surface area (TPSA) is 83.5 Å². The van der Waals surface area contributed by atoms with Crippen LogP contribution in [0.1, 0.15) is 31.8 Å². The number of methoxy groups -OCH3 is 3. The van der Waals surface area contributed by atoms with Gasteiger partial charge in [0, 0.05) is 33.4 Å². The normalized spacial score (nSPS) is 12.5. The van der Waals surface area contributed by atoms with Crippen molar-refractivity contribution in [1.82, 2.24) is 4.90 Å². The van der Waals surface area contributed by atoms with Crippen LogP contribution in [0.3, 0.4) is 0 Å². The summed E-state index contributed by atoms with van der Waals surface area (Å²) in [6, 6.07) is 8.35. The van der Waals surface area contributed by atoms with Gasteiger partial charge in [-0.3, -0.25) is 4.79 Å². The van der Waals surface area contributed by atoms with E-state index in [4.69, 9.17) is 35.3 Å². The Morgan fingerprint density at radius 1 is 0.967 bits per heavy atom. The summed E-state index contributed by atoms with van der Waals surface area (Å²) in [4.78, 5) is 27.0. The van der Waals surface area contributed by atoms with Gasteiger partial charge in [0.1, 0.15) is 11.5 Å². The second kappa shape index (κ2) is 9.80. The van der Waals surface area contributed by atoms with E-state index in [0.717, 1.165) is 11.1 Å². The number of hydrogen-bond acceptors (Lipinski definition) is 7. The molecular weight excluding hydrogens is 414 g/mol. The summed E-state index contributed by atoms with van der Waals surface area (Å²) in [5.41, 5.74) is 2.36. The van der Waals surface area contributed by atoms with Gasteiger partial charge in [-0.25, -0.2) is 4.79 Å². The molecule has 3 rings (SSSR count). The minimum Gasteiger partial charge on any atom is -0.467 e. The number of carbonyl (C=O) groups excluding carboxylic acids is 2. The highest BCUT2D eigenvalue weighted by molar-refractivity contribution is 6.32. The Hall–Kier alpha value is -2.81. The van der Waals surface area contributed by atoms with Crippen molar-refractivity contribution in [3.8, 4) is 11.5 Å². The molecule has 0 radical (unpaired) electrons. The number of fused-ring (bicyclic) bond motifs is 1. The molecule has 0 atom stereocenters. The summed E-state index contributed by atoms with van der Waals surface area (Å²) in [5.74, 6) is -0.151. The van der Waals surface area contributed by atoms with Crippen LogP contribution in [0.5, 0.6) is 11.5 Å². The lowest BCUT2D eigenvalue weighted by Gasteiger charge is -2.19. The van der Waals surface area contributed by atoms with Gasteiger partial charge in [-0.15, -0.1) is 0 Å². The molecule has 2 aromatic carbocycles. The van der Waals surface area contributed by atoms with Gasteiger partial charge >= 0.3 is 5.97 Å². The molecule has 0 bridgehead atoms. The monoisotopic (exact) mass is 435 g/mol. The van der Waals surface area contributed by atoms with Crippen LogP contribution in [-0.2, 0) is 27.3 Å². The third-order valence-corrected chi connectivity index (χ3v) is 4.90. The summed E-state index contributed by atoms with van der Waals surface area (Å²) in [7, 11) is 4.29. The molecule has 0 aromatic heterocycles. The fraction of sp³-hybridized carbons (Fsp3) is 0.333. The predicted molar refractivity (Wildman–Crippen MR) is 108 cm³/mol. The van der Waals surface area contributed by atoms with Gasteiger partial charge in [0.05, 0.1) is 23.3 Å². The van der Waals surface area contributed by atoms with Crippen molar-refractivity contribution in [1.29, 1.82) is 0 Å². The Morgan fingerprint density at radius 3 is 2.33 bits per heavy atom. The van der Waals surface area contributed by atoms with E-state index in [-0.39, 0.29) is 42.4 Å². The Kier molecular flexibility index (Phi) is 7.15. The van der Waals surface area contributed by atoms with Crippen LogP contribution in [0, 0.1) is 0 Å². The van der Waals surface area contributed by atoms with E-state index in [1.165, 1.54) is 33.5 Å². The number of benzene rings is 2. The van der Waals surface area contributed by atoms with Crippen LogP contribution in [0.2, 0.25) is 5.02 Å². The fourth-order valence-corrected chi connectivity index (χ4v) is 3.43. The van der Waals surface area contributed by atoms with Gasteiger partial charge in [0.15, 0.2) is 13.6 Å². The van der Waals surface area contributed by atoms with Crippen LogP contribution in [0.15, 0.2) is 30.3 Å². The number of hydrogen-bond donors (Lipinski definition) is 0. The van der Waals surface area contributed by atoms with Gasteiger partial charge in [0.2, 0.25) is 0 Å². The molecule has 0 unspecified atom stereocenters. The molecule has 0 spiro atoms. The maximum atomic E-state index is 13.3. The zero-order valence-corrected chi connectivity index (χ0v) is 17.7. The smallest absolute Gasteiger partial charge is 0.338 e. The molecule has 1 aliphatic heterocycles. The molecule has 0 saturated carbocycles. The second-order valence-electron chi connectivity index (χ2n) is 6.48. The number of amides is 1. The average molecular weight is 436 g/mol. The first-order valence-electron chi connectivity index (χ1n) is 9.05. The molecule has 1 amide bonds. The van der Waals surface area contributed by atoms with Crippen molar-refractivity contribution in [3.05, 3.63) is 57.6 Å². The predicted octanol–water partition coefficient (Wildman–Crippen LogP) is 3.25. The third kappa shape index (κ3) is 4.51. The highest BCUT2D eigenvalue weighted by atomic mass is 35.5. The minimum absolute atomic E-state index is 0.00549. The van der Waals surface area contributed by atoms with Gasteiger partial charge in [-0.1, -0.05) is 23.7 Å². The lowest BCUT2D eigenvalue weighted by molar-refractivity contribution is 0.0448. The van der Waals surface area contributed by atoms with Crippen molar-refractivity contribution in [2.24, 2.45) is 0 Å². The summed E-state index contributed by atoms with van der Waals surface area (Å²) in [5, 5.41) is 0.243. The Balaban J connectivity index is 1.90. The molecule has 1 aliphatic rings. The molecule has 0 saturated heterocycles. The number of rotatable bonds is 8. The van der Waals surface area contributed by atoms with E-state index in [1.807, 2.05) is 6.07 Å². The molecule has 0 aliphatic carbocycles. The van der Waals surface area contributed by atoms with Crippen molar-refractivity contribution in [2.75, 3.05) is 34.9 Å². The molecule has 160 valence electrons. The van der Waals surface area contributed by atoms with Crippen LogP contribution < -0.4 is 9.47 Å². The van der Waals surface area contributed by atoms with Gasteiger partial charge in [0.25, 0.3) is 5.91 Å². The Morgan fingerprint density at radius 2 is 1.67 bits per heavy atom. The average Bonchev–Trinajstić information content (AvgIpc) is 3.20. The number of carbonyl (C=O) groups is 2. The highest BCUT2D eigenvalue weighted by Crippen LogP contribution is 2.35. The van der Waals surface area contributed by atoms with Crippen molar-refractivity contribution >= 4 is 23.5 Å². The van der Waals surface area contributed by atoms with E-state index < -0.39 is 5.97 Å². The SMILES string of the molecule is COCOc1cc(OCOC)c(C(=O)N2Cc3cccc(C(=O)OC)c3C2)cc1Cl. The zero-order valence-electron chi connectivity index (χ0n) is 16.9. The summed E-state index contributed by atoms with van der Waals surface area (Å²) >= 11 is 6.30. The largest absolute Gasteiger partial charge is 0.467 e. The molecule has 30 heavy (non-hydrogen) atoms. The number of esters is 1. The van der Waals surface area contributed by atoms with Gasteiger partial charge < -0.3 is 28.6 Å². The fourth-order valence-electron chi connectivity index (χ4n) is 3.21. The molecule has 0 fully saturated rings. The molecule has 1 heterocycles. The van der Waals surface area contributed by atoms with E-state index in [1.54, 1.807) is 17.0 Å². The minimum atomic E-state index is -0.437. The van der Waals surface area contributed by atoms with E-state index >= 15 is 0 Å². The first-order chi connectivity index (χ1) is 14.5. The maximum Gasteiger partial charge on any atom is 0.338 e. The quantitative estimate of drug-likeness (QED) is 0.465. The first kappa shape index (κ1) is 21.9. The summed E-state index contributed by atoms with van der Waals surface area (Å²) < 4.78 is 25.7. The molecule has 0 N–H and O–H groups in total. The molecule has 9 heteroatoms. The van der Waals surface area contributed by atoms with Crippen molar-refractivity contribution < 1.29 is 33.3 Å². The van der Waals surface area contributed by atoms with E-state index in [0.29, 0.717) is 17.9 Å². The van der Waals surface area contributed by atoms with Crippen LogP contribution in [-0.4, -0.2) is 51.7 Å². The standard InChI is InChI=1S/C21H22ClNO7/c1-26-11-29-18-8-19(30-12-27-2)17(22)7-15(18)20(24)23-9-13-5-4-6-14(16(13)10-23)21(25)28-3/h4-8H,9-12H2,1-3H3. The Bertz CT molecular complexity index is 947. The van der Waals surface area contributed by atoms with Crippen molar-refractivity contribution in [2.45, 2.75) is 13.1 Å². The highest BCUT2D eigenvalue weighted by Gasteiger charge is 2.30. The lowest BCUT2D eigenvalue weighted by atomic mass is 10.0. The summed E-state index contributed by atoms with van der Waals surface area (Å²) in [6.45, 7) is 0.553. The lowest BCUT2D eigenvalue weighted by Crippen LogP contribution is -2.26. The number of halogens is 1. The van der Waals surface area contributed by atoms with E-state index in [2.05, 4.69) is 0 Å². The number of ether oxygens (including phenoxy) is 5. The van der Waals surface area contributed by atoms with Crippen LogP contribution >= 0.6 is 11.6 Å². The maximum absolute atomic E-state index is 13.3. The zero-order chi connectivity index (χ0) is 21.7. The summed E-state index contributed by atoms with van der Waals surface area (Å²) in [6.07, 6.45) is 0. The second-order valence-corrected chi connectivity index (χ2v) is 6.88. The molecule has 8 nitrogen and oxygen atoms in total. The first-order valence-corrected chi connectivity index (χ1v) is 9.43. The number of nitrogens with zero attached hydrogens (tertiary/aromatic N) is 1. The third-order valence-electron chi connectivity index (χ3n) is 4.60.